The van der Waals surface area contributed by atoms with E-state index in [9.17, 15) is 13.2 Å². The molecular weight excluding hydrogens is 377 g/mol. The topological polar surface area (TPSA) is 24.5 Å². The van der Waals surface area contributed by atoms with Crippen molar-refractivity contribution in [2.75, 3.05) is 26.2 Å². The highest BCUT2D eigenvalue weighted by atomic mass is 35.5. The summed E-state index contributed by atoms with van der Waals surface area (Å²) in [5, 5.41) is 3.47. The third-order valence-electron chi connectivity index (χ3n) is 4.71. The molecule has 0 radical (unpaired) electrons. The van der Waals surface area contributed by atoms with Gasteiger partial charge >= 0.3 is 0 Å². The average molecular weight is 399 g/mol. The molecule has 1 N–H and O–H groups in total. The first-order chi connectivity index (χ1) is 13.0. The summed E-state index contributed by atoms with van der Waals surface area (Å²) in [6.45, 7) is 4.24. The normalized spacial score (nSPS) is 19.2. The SMILES string of the molecule is C[C@H]1CN([C@H](CNCc2cc(F)ccc2F)c2c(F)cccc2Cl)CCO1. The molecule has 3 nitrogen and oxygen atoms in total. The summed E-state index contributed by atoms with van der Waals surface area (Å²) in [7, 11) is 0. The Kier molecular flexibility index (Phi) is 6.76. The van der Waals surface area contributed by atoms with Gasteiger partial charge in [-0.15, -0.1) is 0 Å². The number of rotatable bonds is 6. The molecule has 1 saturated heterocycles. The monoisotopic (exact) mass is 398 g/mol. The molecule has 0 aromatic heterocycles. The number of ether oxygens (including phenoxy) is 1. The Morgan fingerprint density at radius 2 is 2.04 bits per heavy atom. The van der Waals surface area contributed by atoms with Gasteiger partial charge in [-0.05, 0) is 37.3 Å². The highest BCUT2D eigenvalue weighted by molar-refractivity contribution is 6.31. The Balaban J connectivity index is 1.78. The molecular formula is C20H22ClF3N2O. The van der Waals surface area contributed by atoms with Gasteiger partial charge in [-0.3, -0.25) is 4.90 Å². The minimum absolute atomic E-state index is 0.0208. The first kappa shape index (κ1) is 20.1. The van der Waals surface area contributed by atoms with E-state index < -0.39 is 11.6 Å². The quantitative estimate of drug-likeness (QED) is 0.784. The van der Waals surface area contributed by atoms with Gasteiger partial charge in [-0.2, -0.15) is 0 Å². The molecule has 1 fully saturated rings. The van der Waals surface area contributed by atoms with Gasteiger partial charge in [0.1, 0.15) is 17.5 Å². The summed E-state index contributed by atoms with van der Waals surface area (Å²) >= 11 is 6.29. The van der Waals surface area contributed by atoms with Crippen molar-refractivity contribution in [3.63, 3.8) is 0 Å². The molecule has 0 spiro atoms. The van der Waals surface area contributed by atoms with Crippen LogP contribution in [0.1, 0.15) is 24.1 Å². The lowest BCUT2D eigenvalue weighted by molar-refractivity contribution is -0.0349. The van der Waals surface area contributed by atoms with E-state index in [1.54, 1.807) is 12.1 Å². The molecule has 0 aliphatic carbocycles. The van der Waals surface area contributed by atoms with Crippen LogP contribution in [0.5, 0.6) is 0 Å². The summed E-state index contributed by atoms with van der Waals surface area (Å²) in [6, 6.07) is 7.59. The first-order valence-electron chi connectivity index (χ1n) is 8.90. The minimum Gasteiger partial charge on any atom is -0.376 e. The molecule has 2 aromatic carbocycles. The van der Waals surface area contributed by atoms with Crippen molar-refractivity contribution in [3.8, 4) is 0 Å². The Bertz CT molecular complexity index is 770. The number of morpholine rings is 1. The van der Waals surface area contributed by atoms with Crippen LogP contribution in [0.4, 0.5) is 13.2 Å². The molecule has 0 saturated carbocycles. The summed E-state index contributed by atoms with van der Waals surface area (Å²) in [5.74, 6) is -1.36. The van der Waals surface area contributed by atoms with Crippen LogP contribution in [0.3, 0.4) is 0 Å². The van der Waals surface area contributed by atoms with Gasteiger partial charge < -0.3 is 10.1 Å². The number of hydrogen-bond acceptors (Lipinski definition) is 3. The van der Waals surface area contributed by atoms with Crippen LogP contribution >= 0.6 is 11.6 Å². The smallest absolute Gasteiger partial charge is 0.129 e. The summed E-state index contributed by atoms with van der Waals surface area (Å²) in [6.07, 6.45) is 0.0208. The molecule has 7 heteroatoms. The van der Waals surface area contributed by atoms with Crippen molar-refractivity contribution >= 4 is 11.6 Å². The third kappa shape index (κ3) is 5.02. The lowest BCUT2D eigenvalue weighted by Gasteiger charge is -2.38. The van der Waals surface area contributed by atoms with E-state index in [2.05, 4.69) is 10.2 Å². The van der Waals surface area contributed by atoms with Crippen molar-refractivity contribution < 1.29 is 17.9 Å². The molecule has 0 amide bonds. The maximum atomic E-state index is 14.5. The number of halogens is 4. The molecule has 27 heavy (non-hydrogen) atoms. The fourth-order valence-corrected chi connectivity index (χ4v) is 3.68. The summed E-state index contributed by atoms with van der Waals surface area (Å²) in [5.41, 5.74) is 0.629. The van der Waals surface area contributed by atoms with E-state index in [1.165, 1.54) is 6.07 Å². The first-order valence-corrected chi connectivity index (χ1v) is 9.27. The number of nitrogens with zero attached hydrogens (tertiary/aromatic N) is 1. The zero-order valence-electron chi connectivity index (χ0n) is 15.0. The molecule has 2 atom stereocenters. The van der Waals surface area contributed by atoms with Crippen LogP contribution in [0.15, 0.2) is 36.4 Å². The van der Waals surface area contributed by atoms with Crippen molar-refractivity contribution in [3.05, 3.63) is 70.0 Å². The van der Waals surface area contributed by atoms with Crippen molar-refractivity contribution in [1.29, 1.82) is 0 Å². The summed E-state index contributed by atoms with van der Waals surface area (Å²) < 4.78 is 47.3. The van der Waals surface area contributed by atoms with Gasteiger partial charge in [-0.25, -0.2) is 13.2 Å². The maximum absolute atomic E-state index is 14.5. The highest BCUT2D eigenvalue weighted by Crippen LogP contribution is 2.31. The van der Waals surface area contributed by atoms with E-state index in [0.29, 0.717) is 36.8 Å². The second-order valence-corrected chi connectivity index (χ2v) is 7.10. The molecule has 1 heterocycles. The fraction of sp³-hybridized carbons (Fsp3) is 0.400. The minimum atomic E-state index is -0.496. The Morgan fingerprint density at radius 3 is 2.78 bits per heavy atom. The third-order valence-corrected chi connectivity index (χ3v) is 5.04. The van der Waals surface area contributed by atoms with Gasteiger partial charge in [0.15, 0.2) is 0 Å². The second-order valence-electron chi connectivity index (χ2n) is 6.69. The molecule has 0 bridgehead atoms. The van der Waals surface area contributed by atoms with Crippen molar-refractivity contribution in [2.24, 2.45) is 0 Å². The zero-order valence-corrected chi connectivity index (χ0v) is 15.8. The standard InChI is InChI=1S/C20H22ClF3N2O/c1-13-12-26(7-8-27-13)19(20-16(21)3-2-4-18(20)24)11-25-10-14-9-15(22)5-6-17(14)23/h2-6,9,13,19,25H,7-8,10-12H2,1H3/t13-,19+/m0/s1. The molecule has 146 valence electrons. The fourth-order valence-electron chi connectivity index (χ4n) is 3.39. The molecule has 3 rings (SSSR count). The second kappa shape index (κ2) is 9.06. The Morgan fingerprint density at radius 1 is 1.22 bits per heavy atom. The van der Waals surface area contributed by atoms with Crippen molar-refractivity contribution in [1.82, 2.24) is 10.2 Å². The maximum Gasteiger partial charge on any atom is 0.129 e. The van der Waals surface area contributed by atoms with E-state index >= 15 is 0 Å². The number of benzene rings is 2. The van der Waals surface area contributed by atoms with Crippen LogP contribution in [0.2, 0.25) is 5.02 Å². The Hall–Kier alpha value is -1.60. The average Bonchev–Trinajstić information content (AvgIpc) is 2.63. The van der Waals surface area contributed by atoms with Crippen LogP contribution in [-0.4, -0.2) is 37.2 Å². The number of hydrogen-bond donors (Lipinski definition) is 1. The van der Waals surface area contributed by atoms with E-state index in [1.807, 2.05) is 6.92 Å². The van der Waals surface area contributed by atoms with E-state index in [4.69, 9.17) is 16.3 Å². The summed E-state index contributed by atoms with van der Waals surface area (Å²) in [4.78, 5) is 2.10. The molecule has 2 aromatic rings. The lowest BCUT2D eigenvalue weighted by Crippen LogP contribution is -2.46. The van der Waals surface area contributed by atoms with Gasteiger partial charge in [-0.1, -0.05) is 17.7 Å². The largest absolute Gasteiger partial charge is 0.376 e. The van der Waals surface area contributed by atoms with Crippen LogP contribution in [0, 0.1) is 17.5 Å². The molecule has 1 aliphatic rings. The van der Waals surface area contributed by atoms with Gasteiger partial charge in [0.2, 0.25) is 0 Å². The molecule has 0 unspecified atom stereocenters. The van der Waals surface area contributed by atoms with Gasteiger partial charge in [0, 0.05) is 42.3 Å². The van der Waals surface area contributed by atoms with Gasteiger partial charge in [0.05, 0.1) is 18.8 Å². The highest BCUT2D eigenvalue weighted by Gasteiger charge is 2.29. The zero-order chi connectivity index (χ0) is 19.4. The Labute approximate surface area is 162 Å². The van der Waals surface area contributed by atoms with Crippen LogP contribution in [-0.2, 0) is 11.3 Å². The predicted octanol–water partition coefficient (Wildman–Crippen LogP) is 4.31. The molecule has 1 aliphatic heterocycles. The van der Waals surface area contributed by atoms with E-state index in [0.717, 1.165) is 18.2 Å². The predicted molar refractivity (Wildman–Crippen MR) is 99.2 cm³/mol. The van der Waals surface area contributed by atoms with Crippen LogP contribution < -0.4 is 5.32 Å². The van der Waals surface area contributed by atoms with E-state index in [-0.39, 0.29) is 30.1 Å². The van der Waals surface area contributed by atoms with Gasteiger partial charge in [0.25, 0.3) is 0 Å². The van der Waals surface area contributed by atoms with Crippen molar-refractivity contribution in [2.45, 2.75) is 25.6 Å². The lowest BCUT2D eigenvalue weighted by atomic mass is 10.0. The number of nitrogens with one attached hydrogen (secondary N) is 1. The van der Waals surface area contributed by atoms with Crippen LogP contribution in [0.25, 0.3) is 0 Å².